The number of thiazole rings is 1. The van der Waals surface area contributed by atoms with Crippen LogP contribution in [0.4, 0.5) is 5.95 Å². The Balaban J connectivity index is 1.78. The zero-order valence-electron chi connectivity index (χ0n) is 11.7. The fourth-order valence-corrected chi connectivity index (χ4v) is 3.39. The number of anilines is 1. The molecule has 0 saturated carbocycles. The number of fused-ring (bicyclic) bond motifs is 1. The van der Waals surface area contributed by atoms with Gasteiger partial charge in [0.25, 0.3) is 5.91 Å². The maximum Gasteiger partial charge on any atom is 0.305 e. The summed E-state index contributed by atoms with van der Waals surface area (Å²) >= 11 is 4.66. The fourth-order valence-electron chi connectivity index (χ4n) is 1.98. The van der Waals surface area contributed by atoms with Gasteiger partial charge in [-0.3, -0.25) is 14.9 Å². The van der Waals surface area contributed by atoms with Crippen LogP contribution >= 0.6 is 27.3 Å². The van der Waals surface area contributed by atoms with Gasteiger partial charge in [-0.15, -0.1) is 11.3 Å². The van der Waals surface area contributed by atoms with Crippen molar-refractivity contribution in [3.63, 3.8) is 0 Å². The summed E-state index contributed by atoms with van der Waals surface area (Å²) in [5, 5.41) is 11.7. The average molecular weight is 395 g/mol. The minimum atomic E-state index is -0.910. The molecule has 7 nitrogen and oxygen atoms in total. The lowest BCUT2D eigenvalue weighted by Crippen LogP contribution is -2.16. The van der Waals surface area contributed by atoms with Crippen LogP contribution in [0.2, 0.25) is 0 Å². The highest BCUT2D eigenvalue weighted by molar-refractivity contribution is 9.10. The lowest BCUT2D eigenvalue weighted by Gasteiger charge is -2.06. The highest BCUT2D eigenvalue weighted by atomic mass is 79.9. The number of nitrogens with one attached hydrogen (secondary N) is 1. The zero-order valence-corrected chi connectivity index (χ0v) is 14.1. The van der Waals surface area contributed by atoms with Crippen LogP contribution < -0.4 is 5.32 Å². The molecule has 3 aromatic rings. The Hall–Kier alpha value is -2.26. The van der Waals surface area contributed by atoms with Gasteiger partial charge in [-0.05, 0) is 18.2 Å². The normalized spacial score (nSPS) is 10.8. The molecule has 23 heavy (non-hydrogen) atoms. The van der Waals surface area contributed by atoms with Gasteiger partial charge in [-0.1, -0.05) is 15.9 Å². The van der Waals surface area contributed by atoms with Gasteiger partial charge in [0.2, 0.25) is 5.95 Å². The number of benzene rings is 1. The second-order valence-electron chi connectivity index (χ2n) is 4.67. The number of aliphatic carboxylic acids is 1. The van der Waals surface area contributed by atoms with E-state index in [9.17, 15) is 9.59 Å². The smallest absolute Gasteiger partial charge is 0.305 e. The second kappa shape index (κ2) is 6.47. The molecule has 1 aromatic carbocycles. The van der Waals surface area contributed by atoms with Crippen LogP contribution in [0.15, 0.2) is 35.1 Å². The van der Waals surface area contributed by atoms with Crippen LogP contribution in [0.5, 0.6) is 0 Å². The van der Waals surface area contributed by atoms with Crippen molar-refractivity contribution in [1.29, 1.82) is 0 Å². The Kier molecular flexibility index (Phi) is 4.39. The number of hydrogen-bond donors (Lipinski definition) is 2. The Labute approximate surface area is 143 Å². The molecule has 0 saturated heterocycles. The molecule has 0 fully saturated rings. The molecule has 3 rings (SSSR count). The minimum Gasteiger partial charge on any atom is -0.481 e. The van der Waals surface area contributed by atoms with E-state index in [0.717, 1.165) is 14.7 Å². The van der Waals surface area contributed by atoms with Crippen molar-refractivity contribution in [1.82, 2.24) is 14.5 Å². The Morgan fingerprint density at radius 2 is 2.22 bits per heavy atom. The van der Waals surface area contributed by atoms with Crippen LogP contribution in [-0.2, 0) is 11.3 Å². The summed E-state index contributed by atoms with van der Waals surface area (Å²) in [5.74, 6) is -0.977. The molecule has 0 aliphatic heterocycles. The summed E-state index contributed by atoms with van der Waals surface area (Å²) in [6, 6.07) is 5.60. The number of halogens is 1. The number of rotatable bonds is 5. The summed E-state index contributed by atoms with van der Waals surface area (Å²) < 4.78 is 3.40. The fraction of sp³-hybridized carbons (Fsp3) is 0.143. The standard InChI is InChI=1S/C14H11BrN4O3S/c15-8-1-2-9-10(7-8)23-13(17-9)12(22)18-14-16-4-6-19(14)5-3-11(20)21/h1-2,4,6-7H,3,5H2,(H,20,21)(H,16,18,22). The minimum absolute atomic E-state index is 0.0472. The molecule has 118 valence electrons. The SMILES string of the molecule is O=C(O)CCn1ccnc1NC(=O)c1nc2ccc(Br)cc2s1. The maximum absolute atomic E-state index is 12.3. The maximum atomic E-state index is 12.3. The van der Waals surface area contributed by atoms with Crippen molar-refractivity contribution in [3.8, 4) is 0 Å². The third-order valence-corrected chi connectivity index (χ3v) is 4.56. The topological polar surface area (TPSA) is 97.1 Å². The third kappa shape index (κ3) is 3.57. The summed E-state index contributed by atoms with van der Waals surface area (Å²) in [6.45, 7) is 0.234. The molecular weight excluding hydrogens is 384 g/mol. The van der Waals surface area contributed by atoms with Crippen LogP contribution in [0.25, 0.3) is 10.2 Å². The quantitative estimate of drug-likeness (QED) is 0.692. The van der Waals surface area contributed by atoms with Crippen LogP contribution in [-0.4, -0.2) is 31.5 Å². The van der Waals surface area contributed by atoms with E-state index in [-0.39, 0.29) is 18.9 Å². The van der Waals surface area contributed by atoms with Gasteiger partial charge in [0, 0.05) is 23.4 Å². The summed E-state index contributed by atoms with van der Waals surface area (Å²) in [7, 11) is 0. The molecule has 2 N–H and O–H groups in total. The molecule has 0 radical (unpaired) electrons. The van der Waals surface area contributed by atoms with Crippen LogP contribution in [0.3, 0.4) is 0 Å². The van der Waals surface area contributed by atoms with Gasteiger partial charge >= 0.3 is 5.97 Å². The van der Waals surface area contributed by atoms with Gasteiger partial charge in [0.1, 0.15) is 0 Å². The van der Waals surface area contributed by atoms with E-state index in [2.05, 4.69) is 31.2 Å². The van der Waals surface area contributed by atoms with Gasteiger partial charge in [-0.25, -0.2) is 9.97 Å². The lowest BCUT2D eigenvalue weighted by atomic mass is 10.3. The van der Waals surface area contributed by atoms with Crippen molar-refractivity contribution < 1.29 is 14.7 Å². The monoisotopic (exact) mass is 394 g/mol. The van der Waals surface area contributed by atoms with Gasteiger partial charge in [-0.2, -0.15) is 0 Å². The Morgan fingerprint density at radius 3 is 3.00 bits per heavy atom. The van der Waals surface area contributed by atoms with E-state index in [0.29, 0.717) is 11.0 Å². The molecule has 1 amide bonds. The van der Waals surface area contributed by atoms with Crippen molar-refractivity contribution in [2.75, 3.05) is 5.32 Å². The molecule has 0 bridgehead atoms. The first-order valence-corrected chi connectivity index (χ1v) is 8.24. The molecule has 2 heterocycles. The number of amides is 1. The van der Waals surface area contributed by atoms with E-state index in [4.69, 9.17) is 5.11 Å². The molecule has 2 aromatic heterocycles. The molecule has 0 unspecified atom stereocenters. The molecule has 0 aliphatic carbocycles. The molecule has 0 aliphatic rings. The molecule has 0 atom stereocenters. The van der Waals surface area contributed by atoms with Gasteiger partial charge < -0.3 is 9.67 Å². The van der Waals surface area contributed by atoms with E-state index < -0.39 is 5.97 Å². The predicted octanol–water partition coefficient (Wildman–Crippen LogP) is 2.98. The number of hydrogen-bond acceptors (Lipinski definition) is 5. The van der Waals surface area contributed by atoms with Crippen LogP contribution in [0.1, 0.15) is 16.2 Å². The first-order chi connectivity index (χ1) is 11.0. The van der Waals surface area contributed by atoms with Gasteiger partial charge in [0.05, 0.1) is 16.6 Å². The number of imidazole rings is 1. The third-order valence-electron chi connectivity index (χ3n) is 3.05. The van der Waals surface area contributed by atoms with E-state index in [1.165, 1.54) is 17.5 Å². The number of carbonyl (C=O) groups excluding carboxylic acids is 1. The van der Waals surface area contributed by atoms with Crippen molar-refractivity contribution in [2.24, 2.45) is 0 Å². The average Bonchev–Trinajstić information content (AvgIpc) is 3.11. The van der Waals surface area contributed by atoms with Crippen LogP contribution in [0, 0.1) is 0 Å². The molecular formula is C14H11BrN4O3S. The first kappa shape index (κ1) is 15.6. The first-order valence-electron chi connectivity index (χ1n) is 6.63. The molecule has 0 spiro atoms. The summed E-state index contributed by atoms with van der Waals surface area (Å²) in [4.78, 5) is 31.3. The number of carbonyl (C=O) groups is 2. The zero-order chi connectivity index (χ0) is 16.4. The van der Waals surface area contributed by atoms with E-state index in [1.54, 1.807) is 10.8 Å². The predicted molar refractivity (Wildman–Crippen MR) is 89.8 cm³/mol. The highest BCUT2D eigenvalue weighted by Gasteiger charge is 2.15. The van der Waals surface area contributed by atoms with Gasteiger partial charge in [0.15, 0.2) is 5.01 Å². The van der Waals surface area contributed by atoms with Crippen molar-refractivity contribution in [2.45, 2.75) is 13.0 Å². The Morgan fingerprint density at radius 1 is 1.39 bits per heavy atom. The highest BCUT2D eigenvalue weighted by Crippen LogP contribution is 2.25. The number of aryl methyl sites for hydroxylation is 1. The largest absolute Gasteiger partial charge is 0.481 e. The summed E-state index contributed by atoms with van der Waals surface area (Å²) in [5.41, 5.74) is 0.748. The van der Waals surface area contributed by atoms with Crippen molar-refractivity contribution in [3.05, 3.63) is 40.1 Å². The molecule has 9 heteroatoms. The van der Waals surface area contributed by atoms with E-state index in [1.807, 2.05) is 18.2 Å². The lowest BCUT2D eigenvalue weighted by molar-refractivity contribution is -0.137. The number of aromatic nitrogens is 3. The second-order valence-corrected chi connectivity index (χ2v) is 6.62. The summed E-state index contributed by atoms with van der Waals surface area (Å²) in [6.07, 6.45) is 3.08. The number of nitrogens with zero attached hydrogens (tertiary/aromatic N) is 3. The van der Waals surface area contributed by atoms with Crippen molar-refractivity contribution >= 4 is 55.3 Å². The number of carboxylic acid groups (broad SMARTS) is 1. The van der Waals surface area contributed by atoms with E-state index >= 15 is 0 Å². The Bertz CT molecular complexity index is 889. The number of carboxylic acids is 1.